The maximum Gasteiger partial charge on any atom is 0.188 e. The predicted molar refractivity (Wildman–Crippen MR) is 101 cm³/mol. The standard InChI is InChI=1S/C17H20N6S2/c1-12-20-14(8-16(21-12)22-17-19-5-7-24-17)15-4-2-3-6-23(15)10-13-9-18-11-25-13/h5,7-9,11,15H,2-4,6,10H2,1H3,(H,19,20,21,22)/t15-/m0/s1. The highest BCUT2D eigenvalue weighted by molar-refractivity contribution is 7.13. The van der Waals surface area contributed by atoms with Crippen molar-refractivity contribution in [3.63, 3.8) is 0 Å². The Labute approximate surface area is 155 Å². The van der Waals surface area contributed by atoms with Gasteiger partial charge in [-0.15, -0.1) is 22.7 Å². The minimum atomic E-state index is 0.328. The Morgan fingerprint density at radius 1 is 1.28 bits per heavy atom. The average Bonchev–Trinajstić information content (AvgIpc) is 3.29. The van der Waals surface area contributed by atoms with Gasteiger partial charge in [0, 0.05) is 35.3 Å². The lowest BCUT2D eigenvalue weighted by atomic mass is 9.99. The van der Waals surface area contributed by atoms with Gasteiger partial charge >= 0.3 is 0 Å². The molecule has 0 unspecified atom stereocenters. The zero-order valence-corrected chi connectivity index (χ0v) is 15.7. The Kier molecular flexibility index (Phi) is 5.00. The zero-order chi connectivity index (χ0) is 17.1. The number of piperidine rings is 1. The number of likely N-dealkylation sites (tertiary alicyclic amines) is 1. The average molecular weight is 373 g/mol. The highest BCUT2D eigenvalue weighted by Gasteiger charge is 2.26. The molecule has 0 saturated carbocycles. The zero-order valence-electron chi connectivity index (χ0n) is 14.1. The third-order valence-electron chi connectivity index (χ3n) is 4.32. The molecule has 1 N–H and O–H groups in total. The lowest BCUT2D eigenvalue weighted by Gasteiger charge is -2.35. The lowest BCUT2D eigenvalue weighted by molar-refractivity contribution is 0.138. The molecule has 3 aromatic rings. The fourth-order valence-electron chi connectivity index (χ4n) is 3.26. The quantitative estimate of drug-likeness (QED) is 0.725. The van der Waals surface area contributed by atoms with Crippen LogP contribution in [0.4, 0.5) is 10.9 Å². The number of aryl methyl sites for hydroxylation is 1. The minimum Gasteiger partial charge on any atom is -0.316 e. The minimum absolute atomic E-state index is 0.328. The third kappa shape index (κ3) is 4.02. The van der Waals surface area contributed by atoms with Gasteiger partial charge in [0.05, 0.1) is 17.2 Å². The molecule has 4 heterocycles. The first-order valence-electron chi connectivity index (χ1n) is 8.41. The van der Waals surface area contributed by atoms with Crippen LogP contribution in [-0.2, 0) is 6.54 Å². The van der Waals surface area contributed by atoms with Gasteiger partial charge in [-0.05, 0) is 26.3 Å². The Bertz CT molecular complexity index is 803. The van der Waals surface area contributed by atoms with Crippen molar-refractivity contribution in [3.8, 4) is 0 Å². The summed E-state index contributed by atoms with van der Waals surface area (Å²) >= 11 is 3.29. The van der Waals surface area contributed by atoms with E-state index in [1.807, 2.05) is 24.0 Å². The van der Waals surface area contributed by atoms with Crippen molar-refractivity contribution < 1.29 is 0 Å². The fourth-order valence-corrected chi connectivity index (χ4v) is 4.41. The Hall–Kier alpha value is -1.90. The first-order valence-corrected chi connectivity index (χ1v) is 10.2. The van der Waals surface area contributed by atoms with E-state index in [9.17, 15) is 0 Å². The Morgan fingerprint density at radius 2 is 2.24 bits per heavy atom. The smallest absolute Gasteiger partial charge is 0.188 e. The molecule has 0 spiro atoms. The summed E-state index contributed by atoms with van der Waals surface area (Å²) in [6, 6.07) is 2.40. The van der Waals surface area contributed by atoms with Crippen molar-refractivity contribution >= 4 is 33.6 Å². The van der Waals surface area contributed by atoms with Crippen LogP contribution >= 0.6 is 22.7 Å². The molecule has 0 radical (unpaired) electrons. The van der Waals surface area contributed by atoms with Gasteiger partial charge in [-0.25, -0.2) is 15.0 Å². The molecule has 0 aliphatic carbocycles. The SMILES string of the molecule is Cc1nc(Nc2nccs2)cc([C@@H]2CCCCN2Cc2cncs2)n1. The normalized spacial score (nSPS) is 18.4. The molecule has 6 nitrogen and oxygen atoms in total. The summed E-state index contributed by atoms with van der Waals surface area (Å²) in [4.78, 5) is 21.6. The number of aromatic nitrogens is 4. The third-order valence-corrected chi connectivity index (χ3v) is 5.78. The number of nitrogens with zero attached hydrogens (tertiary/aromatic N) is 5. The Balaban J connectivity index is 1.58. The summed E-state index contributed by atoms with van der Waals surface area (Å²) in [6.07, 6.45) is 7.37. The van der Waals surface area contributed by atoms with Crippen molar-refractivity contribution in [2.45, 2.75) is 38.8 Å². The van der Waals surface area contributed by atoms with Crippen LogP contribution in [0.3, 0.4) is 0 Å². The summed E-state index contributed by atoms with van der Waals surface area (Å²) in [5.41, 5.74) is 3.00. The predicted octanol–water partition coefficient (Wildman–Crippen LogP) is 4.17. The summed E-state index contributed by atoms with van der Waals surface area (Å²) < 4.78 is 0. The molecule has 0 amide bonds. The molecule has 3 aromatic heterocycles. The fraction of sp³-hybridized carbons (Fsp3) is 0.412. The van der Waals surface area contributed by atoms with Crippen LogP contribution in [0.15, 0.2) is 29.4 Å². The molecular formula is C17H20N6S2. The second-order valence-corrected chi connectivity index (χ2v) is 8.00. The monoisotopic (exact) mass is 372 g/mol. The van der Waals surface area contributed by atoms with Crippen LogP contribution in [0.2, 0.25) is 0 Å². The molecule has 1 saturated heterocycles. The second kappa shape index (κ2) is 7.55. The molecule has 1 aliphatic heterocycles. The van der Waals surface area contributed by atoms with E-state index < -0.39 is 0 Å². The molecule has 0 aromatic carbocycles. The second-order valence-electron chi connectivity index (χ2n) is 6.14. The number of nitrogens with one attached hydrogen (secondary N) is 1. The van der Waals surface area contributed by atoms with E-state index in [1.165, 1.54) is 17.7 Å². The molecule has 1 aliphatic rings. The molecular weight excluding hydrogens is 352 g/mol. The summed E-state index contributed by atoms with van der Waals surface area (Å²) in [6.45, 7) is 3.99. The van der Waals surface area contributed by atoms with E-state index in [4.69, 9.17) is 4.98 Å². The van der Waals surface area contributed by atoms with Crippen molar-refractivity contribution in [1.82, 2.24) is 24.8 Å². The van der Waals surface area contributed by atoms with Gasteiger partial charge in [0.1, 0.15) is 11.6 Å². The Morgan fingerprint density at radius 3 is 3.04 bits per heavy atom. The first kappa shape index (κ1) is 16.6. The molecule has 0 bridgehead atoms. The van der Waals surface area contributed by atoms with Gasteiger partial charge in [-0.2, -0.15) is 0 Å². The van der Waals surface area contributed by atoms with Crippen molar-refractivity contribution in [2.24, 2.45) is 0 Å². The van der Waals surface area contributed by atoms with E-state index in [0.29, 0.717) is 6.04 Å². The van der Waals surface area contributed by atoms with Gasteiger partial charge < -0.3 is 5.32 Å². The topological polar surface area (TPSA) is 66.8 Å². The van der Waals surface area contributed by atoms with E-state index >= 15 is 0 Å². The summed E-state index contributed by atoms with van der Waals surface area (Å²) in [7, 11) is 0. The van der Waals surface area contributed by atoms with Crippen LogP contribution in [0.5, 0.6) is 0 Å². The van der Waals surface area contributed by atoms with Gasteiger partial charge in [-0.1, -0.05) is 6.42 Å². The van der Waals surface area contributed by atoms with E-state index in [-0.39, 0.29) is 0 Å². The van der Waals surface area contributed by atoms with Crippen LogP contribution in [-0.4, -0.2) is 31.4 Å². The summed E-state index contributed by atoms with van der Waals surface area (Å²) in [5.74, 6) is 1.61. The van der Waals surface area contributed by atoms with Gasteiger partial charge in [0.2, 0.25) is 0 Å². The number of thiazole rings is 2. The van der Waals surface area contributed by atoms with E-state index in [2.05, 4.69) is 31.2 Å². The van der Waals surface area contributed by atoms with Crippen LogP contribution in [0.25, 0.3) is 0 Å². The van der Waals surface area contributed by atoms with Gasteiger partial charge in [0.15, 0.2) is 5.13 Å². The van der Waals surface area contributed by atoms with Crippen LogP contribution in [0.1, 0.15) is 41.7 Å². The highest BCUT2D eigenvalue weighted by atomic mass is 32.1. The number of rotatable bonds is 5. The molecule has 1 fully saturated rings. The summed E-state index contributed by atoms with van der Waals surface area (Å²) in [5, 5.41) is 6.10. The van der Waals surface area contributed by atoms with Gasteiger partial charge in [-0.3, -0.25) is 9.88 Å². The lowest BCUT2D eigenvalue weighted by Crippen LogP contribution is -2.33. The number of hydrogen-bond acceptors (Lipinski definition) is 8. The van der Waals surface area contributed by atoms with Crippen molar-refractivity contribution in [3.05, 3.63) is 45.7 Å². The number of hydrogen-bond donors (Lipinski definition) is 1. The molecule has 1 atom stereocenters. The van der Waals surface area contributed by atoms with E-state index in [0.717, 1.165) is 42.0 Å². The van der Waals surface area contributed by atoms with Crippen LogP contribution < -0.4 is 5.32 Å². The van der Waals surface area contributed by atoms with Crippen LogP contribution in [0, 0.1) is 6.92 Å². The molecule has 25 heavy (non-hydrogen) atoms. The van der Waals surface area contributed by atoms with Crippen molar-refractivity contribution in [2.75, 3.05) is 11.9 Å². The highest BCUT2D eigenvalue weighted by Crippen LogP contribution is 2.33. The van der Waals surface area contributed by atoms with Crippen molar-refractivity contribution in [1.29, 1.82) is 0 Å². The van der Waals surface area contributed by atoms with E-state index in [1.54, 1.807) is 28.9 Å². The van der Waals surface area contributed by atoms with Gasteiger partial charge in [0.25, 0.3) is 0 Å². The number of anilines is 2. The maximum atomic E-state index is 4.74. The molecule has 4 rings (SSSR count). The molecule has 130 valence electrons. The maximum absolute atomic E-state index is 4.74. The molecule has 8 heteroatoms. The first-order chi connectivity index (χ1) is 12.3. The largest absolute Gasteiger partial charge is 0.316 e.